The van der Waals surface area contributed by atoms with Crippen LogP contribution in [0.25, 0.3) is 0 Å². The molecule has 12 heavy (non-hydrogen) atoms. The molecule has 0 aromatic rings. The zero-order valence-electron chi connectivity index (χ0n) is 7.12. The van der Waals surface area contributed by atoms with Crippen molar-refractivity contribution < 1.29 is 14.2 Å². The Morgan fingerprint density at radius 3 is 2.25 bits per heavy atom. The van der Waals surface area contributed by atoms with Crippen LogP contribution in [0.4, 0.5) is 0 Å². The van der Waals surface area contributed by atoms with Gasteiger partial charge in [-0.05, 0) is 6.92 Å². The minimum Gasteiger partial charge on any atom is -0.381 e. The van der Waals surface area contributed by atoms with Gasteiger partial charge in [0.2, 0.25) is 0 Å². The van der Waals surface area contributed by atoms with Crippen molar-refractivity contribution in [2.24, 2.45) is 5.92 Å². The highest BCUT2D eigenvalue weighted by Crippen LogP contribution is 2.30. The smallest absolute Gasteiger partial charge is 0.172 e. The van der Waals surface area contributed by atoms with Crippen molar-refractivity contribution in [2.75, 3.05) is 26.4 Å². The Balaban J connectivity index is 1.92. The largest absolute Gasteiger partial charge is 0.381 e. The van der Waals surface area contributed by atoms with Gasteiger partial charge >= 0.3 is 0 Å². The minimum absolute atomic E-state index is 0.0402. The topological polar surface area (TPSA) is 27.7 Å². The standard InChI is InChI=1S/C9H14O3/c1-8-6-11-9(12-7-8)2-4-10-5-3-9/h1,8H,2-7H2. The molecule has 68 valence electrons. The molecule has 0 saturated carbocycles. The maximum Gasteiger partial charge on any atom is 0.172 e. The molecule has 3 nitrogen and oxygen atoms in total. The Hall–Kier alpha value is -0.120. The van der Waals surface area contributed by atoms with Crippen LogP contribution in [-0.2, 0) is 14.2 Å². The maximum atomic E-state index is 5.64. The predicted molar refractivity (Wildman–Crippen MR) is 42.5 cm³/mol. The summed E-state index contributed by atoms with van der Waals surface area (Å²) in [5, 5.41) is 0. The highest BCUT2D eigenvalue weighted by Gasteiger charge is 2.38. The van der Waals surface area contributed by atoms with Gasteiger partial charge in [-0.2, -0.15) is 0 Å². The van der Waals surface area contributed by atoms with Gasteiger partial charge in [0, 0.05) is 18.8 Å². The zero-order valence-corrected chi connectivity index (χ0v) is 7.12. The van der Waals surface area contributed by atoms with E-state index in [0.29, 0.717) is 13.2 Å². The van der Waals surface area contributed by atoms with Crippen molar-refractivity contribution in [2.45, 2.75) is 18.6 Å². The van der Waals surface area contributed by atoms with Gasteiger partial charge < -0.3 is 14.2 Å². The molecule has 2 aliphatic rings. The van der Waals surface area contributed by atoms with Crippen molar-refractivity contribution in [1.82, 2.24) is 0 Å². The van der Waals surface area contributed by atoms with E-state index in [9.17, 15) is 0 Å². The molecule has 2 rings (SSSR count). The van der Waals surface area contributed by atoms with Crippen molar-refractivity contribution >= 4 is 0 Å². The van der Waals surface area contributed by atoms with Crippen LogP contribution in [0.2, 0.25) is 0 Å². The number of hydrogen-bond acceptors (Lipinski definition) is 3. The predicted octanol–water partition coefficient (Wildman–Crippen LogP) is 0.867. The summed E-state index contributed by atoms with van der Waals surface area (Å²) >= 11 is 0. The van der Waals surface area contributed by atoms with Gasteiger partial charge in [-0.1, -0.05) is 0 Å². The fourth-order valence-corrected chi connectivity index (χ4v) is 1.58. The summed E-state index contributed by atoms with van der Waals surface area (Å²) in [5.41, 5.74) is 0. The summed E-state index contributed by atoms with van der Waals surface area (Å²) in [7, 11) is 0. The average molecular weight is 170 g/mol. The molecule has 0 aromatic heterocycles. The van der Waals surface area contributed by atoms with E-state index in [1.807, 2.05) is 0 Å². The zero-order chi connectivity index (χ0) is 8.44. The molecule has 0 aliphatic carbocycles. The van der Waals surface area contributed by atoms with E-state index in [1.54, 1.807) is 0 Å². The number of rotatable bonds is 0. The van der Waals surface area contributed by atoms with Crippen LogP contribution in [0.5, 0.6) is 0 Å². The van der Waals surface area contributed by atoms with E-state index in [1.165, 1.54) is 0 Å². The lowest BCUT2D eigenvalue weighted by molar-refractivity contribution is -0.302. The summed E-state index contributed by atoms with van der Waals surface area (Å²) in [6.45, 7) is 8.33. The van der Waals surface area contributed by atoms with Crippen LogP contribution in [0.3, 0.4) is 0 Å². The second-order valence-corrected chi connectivity index (χ2v) is 3.41. The SMILES string of the molecule is [CH]C1COC2(CCOCC2)OC1. The first kappa shape index (κ1) is 8.48. The van der Waals surface area contributed by atoms with E-state index in [-0.39, 0.29) is 11.7 Å². The Kier molecular flexibility index (Phi) is 2.35. The molecular formula is C9H14O3. The monoisotopic (exact) mass is 170 g/mol. The van der Waals surface area contributed by atoms with Crippen LogP contribution >= 0.6 is 0 Å². The minimum atomic E-state index is -0.367. The molecule has 1 spiro atoms. The normalized spacial score (nSPS) is 30.8. The molecule has 2 heterocycles. The highest BCUT2D eigenvalue weighted by atomic mass is 16.7. The van der Waals surface area contributed by atoms with Crippen molar-refractivity contribution in [3.05, 3.63) is 6.92 Å². The number of ether oxygens (including phenoxy) is 3. The van der Waals surface area contributed by atoms with E-state index in [2.05, 4.69) is 0 Å². The first-order chi connectivity index (χ1) is 5.81. The lowest BCUT2D eigenvalue weighted by Crippen LogP contribution is -2.47. The van der Waals surface area contributed by atoms with Gasteiger partial charge in [0.1, 0.15) is 0 Å². The molecule has 0 unspecified atom stereocenters. The van der Waals surface area contributed by atoms with Crippen molar-refractivity contribution in [3.8, 4) is 0 Å². The summed E-state index contributed by atoms with van der Waals surface area (Å²) in [4.78, 5) is 0. The molecule has 2 radical (unpaired) electrons. The molecule has 0 bridgehead atoms. The van der Waals surface area contributed by atoms with Gasteiger partial charge in [0.25, 0.3) is 0 Å². The molecule has 2 fully saturated rings. The van der Waals surface area contributed by atoms with Gasteiger partial charge in [-0.15, -0.1) is 0 Å². The Bertz CT molecular complexity index is 142. The molecule has 0 aromatic carbocycles. The first-order valence-corrected chi connectivity index (χ1v) is 4.42. The average Bonchev–Trinajstić information content (AvgIpc) is 2.13. The fraction of sp³-hybridized carbons (Fsp3) is 0.889. The quantitative estimate of drug-likeness (QED) is 0.540. The van der Waals surface area contributed by atoms with E-state index >= 15 is 0 Å². The van der Waals surface area contributed by atoms with Crippen molar-refractivity contribution in [3.63, 3.8) is 0 Å². The van der Waals surface area contributed by atoms with Crippen LogP contribution in [0.15, 0.2) is 0 Å². The van der Waals surface area contributed by atoms with Gasteiger partial charge in [-0.25, -0.2) is 0 Å². The lowest BCUT2D eigenvalue weighted by Gasteiger charge is -2.41. The van der Waals surface area contributed by atoms with Crippen LogP contribution in [0.1, 0.15) is 12.8 Å². The van der Waals surface area contributed by atoms with Crippen LogP contribution in [-0.4, -0.2) is 32.2 Å². The van der Waals surface area contributed by atoms with Gasteiger partial charge in [-0.3, -0.25) is 0 Å². The second kappa shape index (κ2) is 3.32. The van der Waals surface area contributed by atoms with E-state index < -0.39 is 0 Å². The Labute approximate surface area is 73.0 Å². The first-order valence-electron chi connectivity index (χ1n) is 4.42. The lowest BCUT2D eigenvalue weighted by atomic mass is 10.1. The van der Waals surface area contributed by atoms with Crippen LogP contribution < -0.4 is 0 Å². The van der Waals surface area contributed by atoms with Gasteiger partial charge in [0.15, 0.2) is 5.79 Å². The molecular weight excluding hydrogens is 156 g/mol. The summed E-state index contributed by atoms with van der Waals surface area (Å²) in [5.74, 6) is -0.327. The summed E-state index contributed by atoms with van der Waals surface area (Å²) in [6.07, 6.45) is 1.67. The molecule has 0 amide bonds. The van der Waals surface area contributed by atoms with E-state index in [0.717, 1.165) is 26.1 Å². The third kappa shape index (κ3) is 1.63. The molecule has 2 saturated heterocycles. The maximum absolute atomic E-state index is 5.64. The second-order valence-electron chi connectivity index (χ2n) is 3.41. The third-order valence-corrected chi connectivity index (χ3v) is 2.38. The molecule has 0 N–H and O–H groups in total. The third-order valence-electron chi connectivity index (χ3n) is 2.38. The molecule has 0 atom stereocenters. The van der Waals surface area contributed by atoms with E-state index in [4.69, 9.17) is 21.1 Å². The van der Waals surface area contributed by atoms with Gasteiger partial charge in [0.05, 0.1) is 26.4 Å². The Morgan fingerprint density at radius 1 is 1.08 bits per heavy atom. The highest BCUT2D eigenvalue weighted by molar-refractivity contribution is 4.79. The van der Waals surface area contributed by atoms with Crippen LogP contribution in [0, 0.1) is 12.8 Å². The summed E-state index contributed by atoms with van der Waals surface area (Å²) in [6, 6.07) is 0. The summed E-state index contributed by atoms with van der Waals surface area (Å²) < 4.78 is 16.4. The fourth-order valence-electron chi connectivity index (χ4n) is 1.58. The molecule has 2 aliphatic heterocycles. The number of hydrogen-bond donors (Lipinski definition) is 0. The molecule has 3 heteroatoms. The van der Waals surface area contributed by atoms with Crippen molar-refractivity contribution in [1.29, 1.82) is 0 Å². The Morgan fingerprint density at radius 2 is 1.67 bits per heavy atom.